The summed E-state index contributed by atoms with van der Waals surface area (Å²) >= 11 is 6.64. The number of carbonyl (C=O) groups is 1. The lowest BCUT2D eigenvalue weighted by Crippen LogP contribution is -2.47. The van der Waals surface area contributed by atoms with Crippen LogP contribution in [0.25, 0.3) is 0 Å². The predicted molar refractivity (Wildman–Crippen MR) is 137 cm³/mol. The molecule has 0 aromatic heterocycles. The first-order chi connectivity index (χ1) is 15.2. The number of esters is 1. The fourth-order valence-electron chi connectivity index (χ4n) is 4.80. The van der Waals surface area contributed by atoms with Gasteiger partial charge in [-0.05, 0) is 55.1 Å². The fourth-order valence-corrected chi connectivity index (χ4v) is 5.22. The summed E-state index contributed by atoms with van der Waals surface area (Å²) in [6.07, 6.45) is 4.67. The third kappa shape index (κ3) is 5.37. The Kier molecular flexibility index (Phi) is 8.05. The zero-order valence-electron chi connectivity index (χ0n) is 19.7. The average Bonchev–Trinajstić information content (AvgIpc) is 2.80. The Balaban J connectivity index is 1.91. The van der Waals surface area contributed by atoms with Crippen molar-refractivity contribution in [2.75, 3.05) is 6.26 Å². The van der Waals surface area contributed by atoms with Crippen LogP contribution in [-0.4, -0.2) is 22.7 Å². The molecule has 5 heteroatoms. The molecular formula is C27H34O3S2. The number of benzene rings is 2. The van der Waals surface area contributed by atoms with Gasteiger partial charge in [-0.3, -0.25) is 0 Å². The molecule has 0 spiro atoms. The number of carbonyl (C=O) groups excluding carboxylic acids is 1. The molecule has 0 N–H and O–H groups in total. The van der Waals surface area contributed by atoms with Crippen molar-refractivity contribution in [2.24, 2.45) is 11.8 Å². The summed E-state index contributed by atoms with van der Waals surface area (Å²) < 4.78 is 12.7. The first-order valence-corrected chi connectivity index (χ1v) is 12.9. The Morgan fingerprint density at radius 3 is 2.09 bits per heavy atom. The van der Waals surface area contributed by atoms with Gasteiger partial charge in [0.25, 0.3) is 0 Å². The van der Waals surface area contributed by atoms with Gasteiger partial charge >= 0.3 is 5.97 Å². The van der Waals surface area contributed by atoms with E-state index in [1.165, 1.54) is 17.3 Å². The number of hydrogen-bond acceptors (Lipinski definition) is 5. The van der Waals surface area contributed by atoms with Crippen LogP contribution in [0.3, 0.4) is 0 Å². The van der Waals surface area contributed by atoms with E-state index in [1.54, 1.807) is 6.92 Å². The molecule has 1 fully saturated rings. The second-order valence-electron chi connectivity index (χ2n) is 9.51. The van der Waals surface area contributed by atoms with E-state index >= 15 is 0 Å². The van der Waals surface area contributed by atoms with Crippen molar-refractivity contribution in [3.63, 3.8) is 0 Å². The maximum atomic E-state index is 13.7. The molecule has 1 aliphatic rings. The van der Waals surface area contributed by atoms with E-state index in [1.807, 2.05) is 42.7 Å². The van der Waals surface area contributed by atoms with Gasteiger partial charge in [0.15, 0.2) is 0 Å². The highest BCUT2D eigenvalue weighted by Crippen LogP contribution is 2.44. The van der Waals surface area contributed by atoms with Crippen LogP contribution in [0.2, 0.25) is 0 Å². The van der Waals surface area contributed by atoms with Crippen molar-refractivity contribution >= 4 is 34.3 Å². The molecule has 0 bridgehead atoms. The van der Waals surface area contributed by atoms with E-state index < -0.39 is 5.60 Å². The van der Waals surface area contributed by atoms with E-state index in [2.05, 4.69) is 45.0 Å². The van der Waals surface area contributed by atoms with Crippen LogP contribution in [0.4, 0.5) is 0 Å². The molecule has 0 saturated heterocycles. The van der Waals surface area contributed by atoms with Gasteiger partial charge in [0.1, 0.15) is 6.10 Å². The normalized spacial score (nSPS) is 23.1. The largest absolute Gasteiger partial charge is 0.459 e. The summed E-state index contributed by atoms with van der Waals surface area (Å²) in [5.41, 5.74) is 0.601. The van der Waals surface area contributed by atoms with Gasteiger partial charge in [-0.2, -0.15) is 0 Å². The molecule has 4 atom stereocenters. The summed E-state index contributed by atoms with van der Waals surface area (Å²) in [5, 5.41) is 0. The van der Waals surface area contributed by atoms with Crippen LogP contribution < -0.4 is 0 Å². The molecule has 32 heavy (non-hydrogen) atoms. The van der Waals surface area contributed by atoms with Crippen LogP contribution in [0.1, 0.15) is 58.1 Å². The van der Waals surface area contributed by atoms with Gasteiger partial charge in [-0.1, -0.05) is 99.6 Å². The van der Waals surface area contributed by atoms with Crippen molar-refractivity contribution in [3.8, 4) is 0 Å². The maximum Gasteiger partial charge on any atom is 0.355 e. The number of hydrogen-bond donors (Lipinski definition) is 0. The summed E-state index contributed by atoms with van der Waals surface area (Å²) in [4.78, 5) is 13.7. The van der Waals surface area contributed by atoms with Crippen LogP contribution >= 0.6 is 24.0 Å². The summed E-state index contributed by atoms with van der Waals surface area (Å²) in [7, 11) is 0. The topological polar surface area (TPSA) is 35.5 Å². The molecule has 172 valence electrons. The second kappa shape index (κ2) is 10.4. The van der Waals surface area contributed by atoms with Crippen molar-refractivity contribution in [2.45, 2.75) is 64.1 Å². The highest BCUT2D eigenvalue weighted by Gasteiger charge is 2.46. The Labute approximate surface area is 202 Å². The average molecular weight is 471 g/mol. The van der Waals surface area contributed by atoms with E-state index in [4.69, 9.17) is 21.7 Å². The first-order valence-electron chi connectivity index (χ1n) is 11.3. The molecule has 1 aliphatic carbocycles. The molecule has 3 nitrogen and oxygen atoms in total. The van der Waals surface area contributed by atoms with Crippen molar-refractivity contribution in [1.82, 2.24) is 0 Å². The number of rotatable bonds is 6. The molecule has 0 radical (unpaired) electrons. The molecule has 0 heterocycles. The van der Waals surface area contributed by atoms with E-state index in [0.29, 0.717) is 10.3 Å². The lowest BCUT2D eigenvalue weighted by molar-refractivity contribution is -0.175. The Morgan fingerprint density at radius 1 is 0.969 bits per heavy atom. The quantitative estimate of drug-likeness (QED) is 0.339. The van der Waals surface area contributed by atoms with Crippen LogP contribution in [0.5, 0.6) is 0 Å². The molecule has 0 unspecified atom stereocenters. The van der Waals surface area contributed by atoms with Gasteiger partial charge < -0.3 is 9.47 Å². The number of ether oxygens (including phenoxy) is 2. The fraction of sp³-hybridized carbons (Fsp3) is 0.481. The highest BCUT2D eigenvalue weighted by atomic mass is 32.2. The molecule has 1 saturated carbocycles. The van der Waals surface area contributed by atoms with Gasteiger partial charge in [-0.15, -0.1) is 0 Å². The Bertz CT molecular complexity index is 913. The van der Waals surface area contributed by atoms with Crippen molar-refractivity contribution in [1.29, 1.82) is 0 Å². The Morgan fingerprint density at radius 2 is 1.53 bits per heavy atom. The number of thioether (sulfide) groups is 1. The van der Waals surface area contributed by atoms with E-state index in [-0.39, 0.29) is 23.4 Å². The zero-order valence-corrected chi connectivity index (χ0v) is 21.3. The van der Waals surface area contributed by atoms with E-state index in [0.717, 1.165) is 24.8 Å². The summed E-state index contributed by atoms with van der Waals surface area (Å²) in [6.45, 7) is 8.53. The van der Waals surface area contributed by atoms with E-state index in [9.17, 15) is 4.79 Å². The lowest BCUT2D eigenvalue weighted by atomic mass is 9.64. The molecule has 2 aromatic rings. The predicted octanol–water partition coefficient (Wildman–Crippen LogP) is 6.89. The smallest absolute Gasteiger partial charge is 0.355 e. The third-order valence-electron chi connectivity index (χ3n) is 6.93. The van der Waals surface area contributed by atoms with Gasteiger partial charge in [-0.25, -0.2) is 4.79 Å². The second-order valence-corrected chi connectivity index (χ2v) is 10.9. The maximum absolute atomic E-state index is 13.7. The molecule has 3 rings (SSSR count). The van der Waals surface area contributed by atoms with Crippen LogP contribution in [-0.2, 0) is 25.3 Å². The molecular weight excluding hydrogens is 436 g/mol. The summed E-state index contributed by atoms with van der Waals surface area (Å²) in [5.74, 6) is 0.345. The number of thiocarbonyl (C=S) groups is 1. The minimum atomic E-state index is -1.29. The molecule has 0 amide bonds. The SMILES string of the molecule is CSC(=S)O[C@](C)(C(=O)O[C@@H]1C[C@H](C)CC[C@H]1C(C)(C)c1ccccc1)c1ccccc1. The van der Waals surface area contributed by atoms with Gasteiger partial charge in [0.05, 0.1) is 0 Å². The third-order valence-corrected chi connectivity index (χ3v) is 7.93. The standard InChI is InChI=1S/C27H34O3S2/c1-19-16-17-22(26(2,3)20-12-8-6-9-13-20)23(18-19)29-24(28)27(4,30-25(31)32-5)21-14-10-7-11-15-21/h6-15,19,22-23H,16-18H2,1-5H3/t19-,22-,23-,27+/m1/s1. The van der Waals surface area contributed by atoms with Gasteiger partial charge in [0.2, 0.25) is 9.98 Å². The zero-order chi connectivity index (χ0) is 23.4. The van der Waals surface area contributed by atoms with Crippen LogP contribution in [0, 0.1) is 11.8 Å². The minimum absolute atomic E-state index is 0.120. The van der Waals surface area contributed by atoms with Crippen molar-refractivity contribution in [3.05, 3.63) is 71.8 Å². The molecule has 2 aromatic carbocycles. The highest BCUT2D eigenvalue weighted by molar-refractivity contribution is 8.22. The van der Waals surface area contributed by atoms with Crippen LogP contribution in [0.15, 0.2) is 60.7 Å². The van der Waals surface area contributed by atoms with Crippen molar-refractivity contribution < 1.29 is 14.3 Å². The van der Waals surface area contributed by atoms with Gasteiger partial charge in [0, 0.05) is 11.5 Å². The summed E-state index contributed by atoms with van der Waals surface area (Å²) in [6, 6.07) is 20.0. The Hall–Kier alpha value is -1.85. The minimum Gasteiger partial charge on any atom is -0.459 e. The lowest BCUT2D eigenvalue weighted by Gasteiger charge is -2.44. The first kappa shape index (κ1) is 24.8. The molecule has 0 aliphatic heterocycles. The monoisotopic (exact) mass is 470 g/mol.